The quantitative estimate of drug-likeness (QED) is 0.786. The molecule has 0 spiro atoms. The molecule has 26 heavy (non-hydrogen) atoms. The Balaban J connectivity index is 1.80. The van der Waals surface area contributed by atoms with Gasteiger partial charge in [0.05, 0.1) is 0 Å². The van der Waals surface area contributed by atoms with Crippen LogP contribution in [0.15, 0.2) is 36.5 Å². The smallest absolute Gasteiger partial charge is 0.281 e. The molecule has 8 nitrogen and oxygen atoms in total. The van der Waals surface area contributed by atoms with Gasteiger partial charge in [0.25, 0.3) is 16.1 Å². The Hall–Kier alpha value is -2.01. The summed E-state index contributed by atoms with van der Waals surface area (Å²) in [5.41, 5.74) is 1.24. The van der Waals surface area contributed by atoms with Gasteiger partial charge in [-0.15, -0.1) is 0 Å². The van der Waals surface area contributed by atoms with Crippen molar-refractivity contribution in [1.82, 2.24) is 23.1 Å². The Labute approximate surface area is 157 Å². The maximum absolute atomic E-state index is 13.0. The van der Waals surface area contributed by atoms with Gasteiger partial charge in [-0.25, -0.2) is 0 Å². The molecule has 0 bridgehead atoms. The van der Waals surface area contributed by atoms with Gasteiger partial charge in [0.2, 0.25) is 0 Å². The first-order chi connectivity index (χ1) is 12.3. The van der Waals surface area contributed by atoms with E-state index in [1.54, 1.807) is 15.7 Å². The van der Waals surface area contributed by atoms with E-state index in [1.165, 1.54) is 22.7 Å². The Morgan fingerprint density at radius 2 is 1.73 bits per heavy atom. The number of amides is 1. The number of H-pyrrole nitrogens is 1. The molecule has 1 fully saturated rings. The highest BCUT2D eigenvalue weighted by molar-refractivity contribution is 7.86. The highest BCUT2D eigenvalue weighted by atomic mass is 32.2. The number of carbonyl (C=O) groups excluding carboxylic acids is 1. The molecule has 1 saturated heterocycles. The molecule has 1 aliphatic rings. The Morgan fingerprint density at radius 3 is 2.31 bits per heavy atom. The highest BCUT2D eigenvalue weighted by Crippen LogP contribution is 2.17. The molecule has 1 aromatic carbocycles. The number of rotatable bonds is 4. The van der Waals surface area contributed by atoms with E-state index in [0.29, 0.717) is 23.6 Å². The lowest BCUT2D eigenvalue weighted by molar-refractivity contribution is 0.0687. The molecule has 0 saturated carbocycles. The molecular formula is C16H21N5O3S2. The van der Waals surface area contributed by atoms with Gasteiger partial charge in [0, 0.05) is 52.2 Å². The van der Waals surface area contributed by atoms with Crippen LogP contribution in [0, 0.1) is 4.77 Å². The number of hydrogen-bond acceptors (Lipinski definition) is 4. The summed E-state index contributed by atoms with van der Waals surface area (Å²) in [5.74, 6) is -0.178. The number of aromatic nitrogens is 2. The van der Waals surface area contributed by atoms with Crippen LogP contribution in [0.5, 0.6) is 0 Å². The second-order valence-corrected chi connectivity index (χ2v) is 8.66. The summed E-state index contributed by atoms with van der Waals surface area (Å²) in [6.45, 7) is 1.20. The van der Waals surface area contributed by atoms with E-state index in [-0.39, 0.29) is 19.0 Å². The van der Waals surface area contributed by atoms with Gasteiger partial charge in [-0.3, -0.25) is 9.36 Å². The topological polar surface area (TPSA) is 81.7 Å². The van der Waals surface area contributed by atoms with Gasteiger partial charge < -0.3 is 9.88 Å². The van der Waals surface area contributed by atoms with E-state index in [9.17, 15) is 13.2 Å². The molecule has 1 aromatic heterocycles. The zero-order valence-electron chi connectivity index (χ0n) is 14.6. The molecule has 140 valence electrons. The number of imidazole rings is 1. The lowest BCUT2D eigenvalue weighted by Crippen LogP contribution is -2.53. The average molecular weight is 396 g/mol. The zero-order chi connectivity index (χ0) is 18.9. The van der Waals surface area contributed by atoms with Crippen molar-refractivity contribution in [2.75, 3.05) is 40.3 Å². The lowest BCUT2D eigenvalue weighted by Gasteiger charge is -2.35. The molecule has 2 heterocycles. The average Bonchev–Trinajstić information content (AvgIpc) is 3.03. The van der Waals surface area contributed by atoms with Gasteiger partial charge in [0.15, 0.2) is 4.77 Å². The molecule has 10 heteroatoms. The van der Waals surface area contributed by atoms with Crippen molar-refractivity contribution in [3.05, 3.63) is 47.0 Å². The molecule has 1 N–H and O–H groups in total. The van der Waals surface area contributed by atoms with E-state index in [1.807, 2.05) is 30.3 Å². The van der Waals surface area contributed by atoms with Crippen molar-refractivity contribution in [2.45, 2.75) is 0 Å². The third-order valence-corrected chi connectivity index (χ3v) is 6.56. The largest absolute Gasteiger partial charge is 0.336 e. The monoisotopic (exact) mass is 395 g/mol. The first-order valence-electron chi connectivity index (χ1n) is 8.15. The van der Waals surface area contributed by atoms with Gasteiger partial charge >= 0.3 is 0 Å². The van der Waals surface area contributed by atoms with Crippen LogP contribution in [0.25, 0.3) is 5.69 Å². The van der Waals surface area contributed by atoms with E-state index in [0.717, 1.165) is 5.69 Å². The summed E-state index contributed by atoms with van der Waals surface area (Å²) in [5, 5.41) is 0. The molecule has 2 aromatic rings. The second kappa shape index (κ2) is 7.31. The fraction of sp³-hybridized carbons (Fsp3) is 0.375. The summed E-state index contributed by atoms with van der Waals surface area (Å²) in [7, 11) is -0.459. The van der Waals surface area contributed by atoms with Crippen LogP contribution in [0.2, 0.25) is 0 Å². The SMILES string of the molecule is CN(C)S(=O)(=O)N1CCN(C(=O)c2c[nH]c(=S)n2-c2ccccc2)CC1. The summed E-state index contributed by atoms with van der Waals surface area (Å²) in [6, 6.07) is 9.40. The molecule has 0 atom stereocenters. The van der Waals surface area contributed by atoms with Gasteiger partial charge in [0.1, 0.15) is 5.69 Å². The number of benzene rings is 1. The van der Waals surface area contributed by atoms with E-state index < -0.39 is 10.2 Å². The van der Waals surface area contributed by atoms with E-state index in [2.05, 4.69) is 4.98 Å². The molecule has 1 amide bonds. The van der Waals surface area contributed by atoms with Crippen molar-refractivity contribution < 1.29 is 13.2 Å². The fourth-order valence-corrected chi connectivity index (χ4v) is 4.22. The Bertz CT molecular complexity index is 942. The summed E-state index contributed by atoms with van der Waals surface area (Å²) >= 11 is 5.32. The van der Waals surface area contributed by atoms with Crippen molar-refractivity contribution in [3.63, 3.8) is 0 Å². The first kappa shape index (κ1) is 18.8. The normalized spacial score (nSPS) is 16.2. The number of piperazine rings is 1. The van der Waals surface area contributed by atoms with Crippen molar-refractivity contribution >= 4 is 28.3 Å². The van der Waals surface area contributed by atoms with Crippen molar-refractivity contribution in [3.8, 4) is 5.69 Å². The van der Waals surface area contributed by atoms with Crippen LogP contribution in [-0.2, 0) is 10.2 Å². The number of para-hydroxylation sites is 1. The van der Waals surface area contributed by atoms with Crippen LogP contribution >= 0.6 is 12.2 Å². The predicted octanol–water partition coefficient (Wildman–Crippen LogP) is 1.10. The van der Waals surface area contributed by atoms with E-state index >= 15 is 0 Å². The fourth-order valence-electron chi connectivity index (χ4n) is 2.87. The van der Waals surface area contributed by atoms with Crippen LogP contribution in [0.1, 0.15) is 10.5 Å². The van der Waals surface area contributed by atoms with Crippen LogP contribution in [0.4, 0.5) is 0 Å². The molecule has 1 aliphatic heterocycles. The molecule has 0 unspecified atom stereocenters. The zero-order valence-corrected chi connectivity index (χ0v) is 16.3. The minimum atomic E-state index is -3.46. The standard InChI is InChI=1S/C16H21N5O3S2/c1-18(2)26(23,24)20-10-8-19(9-11-20)15(22)14-12-17-16(25)21(14)13-6-4-3-5-7-13/h3-7,12H,8-11H2,1-2H3,(H,17,25). The maximum atomic E-state index is 13.0. The van der Waals surface area contributed by atoms with Crippen molar-refractivity contribution in [2.24, 2.45) is 0 Å². The summed E-state index contributed by atoms with van der Waals surface area (Å²) in [4.78, 5) is 17.5. The van der Waals surface area contributed by atoms with E-state index in [4.69, 9.17) is 12.2 Å². The van der Waals surface area contributed by atoms with Gasteiger partial charge in [-0.05, 0) is 24.4 Å². The minimum absolute atomic E-state index is 0.178. The third kappa shape index (κ3) is 3.45. The number of carbonyl (C=O) groups is 1. The molecule has 0 aliphatic carbocycles. The molecule has 0 radical (unpaired) electrons. The van der Waals surface area contributed by atoms with Gasteiger partial charge in [-0.2, -0.15) is 17.0 Å². The van der Waals surface area contributed by atoms with Crippen LogP contribution in [0.3, 0.4) is 0 Å². The third-order valence-electron chi connectivity index (χ3n) is 4.32. The highest BCUT2D eigenvalue weighted by Gasteiger charge is 2.31. The van der Waals surface area contributed by atoms with Gasteiger partial charge in [-0.1, -0.05) is 18.2 Å². The number of nitrogens with zero attached hydrogens (tertiary/aromatic N) is 4. The van der Waals surface area contributed by atoms with Crippen molar-refractivity contribution in [1.29, 1.82) is 0 Å². The predicted molar refractivity (Wildman–Crippen MR) is 101 cm³/mol. The first-order valence-corrected chi connectivity index (χ1v) is 9.95. The Morgan fingerprint density at radius 1 is 1.12 bits per heavy atom. The van der Waals surface area contributed by atoms with Crippen LogP contribution in [-0.4, -0.2) is 77.7 Å². The minimum Gasteiger partial charge on any atom is -0.336 e. The summed E-state index contributed by atoms with van der Waals surface area (Å²) in [6.07, 6.45) is 1.60. The molecular weight excluding hydrogens is 374 g/mol. The summed E-state index contributed by atoms with van der Waals surface area (Å²) < 4.78 is 29.1. The lowest BCUT2D eigenvalue weighted by atomic mass is 10.3. The Kier molecular flexibility index (Phi) is 5.28. The number of hydrogen-bond donors (Lipinski definition) is 1. The van der Waals surface area contributed by atoms with Crippen LogP contribution < -0.4 is 0 Å². The number of aromatic amines is 1. The molecule has 3 rings (SSSR count). The maximum Gasteiger partial charge on any atom is 0.281 e. The second-order valence-electron chi connectivity index (χ2n) is 6.13. The number of nitrogens with one attached hydrogen (secondary N) is 1.